The van der Waals surface area contributed by atoms with Crippen LogP contribution in [0, 0.1) is 5.41 Å². The number of urea groups is 1. The Hall–Kier alpha value is -2.11. The quantitative estimate of drug-likeness (QED) is 0.383. The minimum Gasteiger partial charge on any atom is -0.341 e. The van der Waals surface area contributed by atoms with Gasteiger partial charge in [-0.1, -0.05) is 0 Å². The number of anilines is 1. The van der Waals surface area contributed by atoms with Gasteiger partial charge in [-0.25, -0.2) is 4.79 Å². The van der Waals surface area contributed by atoms with Gasteiger partial charge in [0.05, 0.1) is 11.9 Å². The van der Waals surface area contributed by atoms with E-state index in [1.807, 2.05) is 0 Å². The fourth-order valence-electron chi connectivity index (χ4n) is 0.788. The maximum atomic E-state index is 10.8. The van der Waals surface area contributed by atoms with E-state index < -0.39 is 6.03 Å². The Labute approximate surface area is 81.2 Å². The number of carbonyl (C=O) groups is 1. The summed E-state index contributed by atoms with van der Waals surface area (Å²) in [5.74, 6) is -0.0997. The van der Waals surface area contributed by atoms with Gasteiger partial charge in [0.25, 0.3) is 0 Å². The summed E-state index contributed by atoms with van der Waals surface area (Å²) in [5.41, 5.74) is 0.647. The van der Waals surface area contributed by atoms with E-state index in [9.17, 15) is 4.79 Å². The topological polar surface area (TPSA) is 89.9 Å². The molecule has 1 aromatic heterocycles. The van der Waals surface area contributed by atoms with Crippen LogP contribution < -0.4 is 16.0 Å². The third kappa shape index (κ3) is 3.10. The summed E-state index contributed by atoms with van der Waals surface area (Å²) in [4.78, 5) is 14.6. The summed E-state index contributed by atoms with van der Waals surface area (Å²) < 4.78 is 0. The Morgan fingerprint density at radius 2 is 2.36 bits per heavy atom. The lowest BCUT2D eigenvalue weighted by molar-refractivity contribution is 0.247. The first-order chi connectivity index (χ1) is 6.72. The van der Waals surface area contributed by atoms with E-state index in [0.717, 1.165) is 0 Å². The average molecular weight is 193 g/mol. The van der Waals surface area contributed by atoms with Gasteiger partial charge in [-0.2, -0.15) is 0 Å². The molecule has 0 radical (unpaired) electrons. The van der Waals surface area contributed by atoms with E-state index >= 15 is 0 Å². The first kappa shape index (κ1) is 9.97. The molecule has 0 saturated heterocycles. The highest BCUT2D eigenvalue weighted by molar-refractivity contribution is 6.01. The van der Waals surface area contributed by atoms with Crippen LogP contribution in [0.5, 0.6) is 0 Å². The fourth-order valence-corrected chi connectivity index (χ4v) is 0.788. The molecule has 2 amide bonds. The molecule has 0 unspecified atom stereocenters. The molecule has 4 N–H and O–H groups in total. The van der Waals surface area contributed by atoms with Gasteiger partial charge in [0.15, 0.2) is 0 Å². The fraction of sp³-hybridized carbons (Fsp3) is 0.125. The summed E-state index contributed by atoms with van der Waals surface area (Å²) in [7, 11) is 1.48. The molecule has 0 fully saturated rings. The predicted octanol–water partition coefficient (Wildman–Crippen LogP) is 0.357. The number of carbonyl (C=O) groups excluding carboxylic acids is 1. The smallest absolute Gasteiger partial charge is 0.321 e. The molecule has 74 valence electrons. The van der Waals surface area contributed by atoms with Gasteiger partial charge in [0, 0.05) is 13.2 Å². The van der Waals surface area contributed by atoms with Crippen molar-refractivity contribution in [3.8, 4) is 0 Å². The van der Waals surface area contributed by atoms with Crippen LogP contribution in [0.4, 0.5) is 10.5 Å². The van der Waals surface area contributed by atoms with Gasteiger partial charge >= 0.3 is 6.03 Å². The molecule has 6 nitrogen and oxygen atoms in total. The Balaban J connectivity index is 2.46. The molecule has 0 saturated carbocycles. The Morgan fingerprint density at radius 3 is 2.93 bits per heavy atom. The van der Waals surface area contributed by atoms with Gasteiger partial charge in [0.2, 0.25) is 5.96 Å². The zero-order valence-electron chi connectivity index (χ0n) is 7.66. The SMILES string of the molecule is CNC(=O)NC(=N)Nc1cccnc1. The van der Waals surface area contributed by atoms with E-state index in [1.165, 1.54) is 7.05 Å². The van der Waals surface area contributed by atoms with Crippen molar-refractivity contribution >= 4 is 17.7 Å². The highest BCUT2D eigenvalue weighted by Gasteiger charge is 2.00. The molecule has 1 rings (SSSR count). The van der Waals surface area contributed by atoms with Crippen LogP contribution in [-0.4, -0.2) is 24.0 Å². The lowest BCUT2D eigenvalue weighted by Crippen LogP contribution is -2.40. The van der Waals surface area contributed by atoms with Crippen LogP contribution >= 0.6 is 0 Å². The van der Waals surface area contributed by atoms with Crippen LogP contribution in [0.2, 0.25) is 0 Å². The first-order valence-electron chi connectivity index (χ1n) is 3.96. The van der Waals surface area contributed by atoms with Crippen molar-refractivity contribution in [1.29, 1.82) is 5.41 Å². The van der Waals surface area contributed by atoms with Gasteiger partial charge in [0.1, 0.15) is 0 Å². The Kier molecular flexibility index (Phi) is 3.42. The number of pyridine rings is 1. The molecule has 6 heteroatoms. The van der Waals surface area contributed by atoms with E-state index in [0.29, 0.717) is 5.69 Å². The van der Waals surface area contributed by atoms with Crippen molar-refractivity contribution < 1.29 is 4.79 Å². The highest BCUT2D eigenvalue weighted by atomic mass is 16.2. The lowest BCUT2D eigenvalue weighted by atomic mass is 10.4. The third-order valence-corrected chi connectivity index (χ3v) is 1.40. The van der Waals surface area contributed by atoms with E-state index in [1.54, 1.807) is 24.5 Å². The van der Waals surface area contributed by atoms with Crippen molar-refractivity contribution in [3.05, 3.63) is 24.5 Å². The minimum atomic E-state index is -0.439. The standard InChI is InChI=1S/C8H11N5O/c1-10-8(14)13-7(9)12-6-3-2-4-11-5-6/h2-5H,1H3,(H4,9,10,12,13,14). The molecular formula is C8H11N5O. The van der Waals surface area contributed by atoms with Gasteiger partial charge in [-0.15, -0.1) is 0 Å². The van der Waals surface area contributed by atoms with Gasteiger partial charge < -0.3 is 10.6 Å². The lowest BCUT2D eigenvalue weighted by Gasteiger charge is -2.07. The van der Waals surface area contributed by atoms with Crippen molar-refractivity contribution in [2.75, 3.05) is 12.4 Å². The summed E-state index contributed by atoms with van der Waals surface area (Å²) in [6.45, 7) is 0. The number of amides is 2. The maximum Gasteiger partial charge on any atom is 0.321 e. The molecule has 0 spiro atoms. The van der Waals surface area contributed by atoms with Crippen LogP contribution in [0.3, 0.4) is 0 Å². The second kappa shape index (κ2) is 4.80. The number of guanidine groups is 1. The van der Waals surface area contributed by atoms with E-state index in [-0.39, 0.29) is 5.96 Å². The van der Waals surface area contributed by atoms with E-state index in [2.05, 4.69) is 20.9 Å². The van der Waals surface area contributed by atoms with Crippen molar-refractivity contribution in [1.82, 2.24) is 15.6 Å². The normalized spacial score (nSPS) is 8.93. The predicted molar refractivity (Wildman–Crippen MR) is 53.2 cm³/mol. The Morgan fingerprint density at radius 1 is 1.57 bits per heavy atom. The largest absolute Gasteiger partial charge is 0.341 e. The molecule has 1 aromatic rings. The zero-order chi connectivity index (χ0) is 10.4. The van der Waals surface area contributed by atoms with Crippen LogP contribution in [-0.2, 0) is 0 Å². The molecule has 0 aliphatic rings. The van der Waals surface area contributed by atoms with Crippen LogP contribution in [0.1, 0.15) is 0 Å². The molecule has 0 bridgehead atoms. The molecule has 0 aliphatic carbocycles. The van der Waals surface area contributed by atoms with Crippen LogP contribution in [0.25, 0.3) is 0 Å². The van der Waals surface area contributed by atoms with Gasteiger partial charge in [-0.05, 0) is 12.1 Å². The summed E-state index contributed by atoms with van der Waals surface area (Å²) in [5, 5.41) is 14.6. The minimum absolute atomic E-state index is 0.0997. The van der Waals surface area contributed by atoms with Crippen LogP contribution in [0.15, 0.2) is 24.5 Å². The molecular weight excluding hydrogens is 182 g/mol. The van der Waals surface area contributed by atoms with Crippen molar-refractivity contribution in [3.63, 3.8) is 0 Å². The molecule has 0 aliphatic heterocycles. The van der Waals surface area contributed by atoms with Crippen molar-refractivity contribution in [2.45, 2.75) is 0 Å². The number of nitrogens with zero attached hydrogens (tertiary/aromatic N) is 1. The Bertz CT molecular complexity index is 324. The third-order valence-electron chi connectivity index (χ3n) is 1.40. The summed E-state index contributed by atoms with van der Waals surface area (Å²) in [6, 6.07) is 3.04. The maximum absolute atomic E-state index is 10.8. The zero-order valence-corrected chi connectivity index (χ0v) is 7.66. The number of hydrogen-bond acceptors (Lipinski definition) is 3. The first-order valence-corrected chi connectivity index (χ1v) is 3.96. The number of aromatic nitrogens is 1. The molecule has 14 heavy (non-hydrogen) atoms. The van der Waals surface area contributed by atoms with Gasteiger partial charge in [-0.3, -0.25) is 15.7 Å². The average Bonchev–Trinajstić information content (AvgIpc) is 2.19. The highest BCUT2D eigenvalue weighted by Crippen LogP contribution is 2.00. The second-order valence-electron chi connectivity index (χ2n) is 2.45. The second-order valence-corrected chi connectivity index (χ2v) is 2.45. The summed E-state index contributed by atoms with van der Waals surface area (Å²) in [6.07, 6.45) is 3.18. The monoisotopic (exact) mass is 193 g/mol. The molecule has 0 aromatic carbocycles. The number of nitrogens with one attached hydrogen (secondary N) is 4. The summed E-state index contributed by atoms with van der Waals surface area (Å²) >= 11 is 0. The van der Waals surface area contributed by atoms with Crippen molar-refractivity contribution in [2.24, 2.45) is 0 Å². The molecule has 1 heterocycles. The number of rotatable bonds is 1. The number of hydrogen-bond donors (Lipinski definition) is 4. The van der Waals surface area contributed by atoms with E-state index in [4.69, 9.17) is 5.41 Å². The molecule has 0 atom stereocenters.